The molecular formula is C20H18BFO5. The van der Waals surface area contributed by atoms with E-state index in [1.165, 1.54) is 6.92 Å². The molecule has 5 nitrogen and oxygen atoms in total. The van der Waals surface area contributed by atoms with Gasteiger partial charge in [-0.05, 0) is 31.2 Å². The maximum Gasteiger partial charge on any atom is 0.338 e. The van der Waals surface area contributed by atoms with E-state index in [9.17, 15) is 14.0 Å². The minimum Gasteiger partial charge on any atom is -0.459 e. The lowest BCUT2D eigenvalue weighted by Crippen LogP contribution is -2.46. The van der Waals surface area contributed by atoms with Crippen LogP contribution in [0.5, 0.6) is 0 Å². The van der Waals surface area contributed by atoms with Crippen LogP contribution in [0.15, 0.2) is 60.7 Å². The number of benzene rings is 2. The molecule has 0 bridgehead atoms. The minimum atomic E-state index is -1.75. The molecule has 1 heterocycles. The van der Waals surface area contributed by atoms with Crippen molar-refractivity contribution >= 4 is 19.8 Å². The van der Waals surface area contributed by atoms with Crippen molar-refractivity contribution in [3.63, 3.8) is 0 Å². The van der Waals surface area contributed by atoms with Gasteiger partial charge in [-0.2, -0.15) is 0 Å². The van der Waals surface area contributed by atoms with Gasteiger partial charge in [-0.25, -0.2) is 14.0 Å². The summed E-state index contributed by atoms with van der Waals surface area (Å²) in [6, 6.07) is 15.2. The van der Waals surface area contributed by atoms with Crippen LogP contribution in [0.1, 0.15) is 27.6 Å². The monoisotopic (exact) mass is 368 g/mol. The summed E-state index contributed by atoms with van der Waals surface area (Å²) in [6.07, 6.45) is -3.07. The van der Waals surface area contributed by atoms with Gasteiger partial charge in [0.2, 0.25) is 0 Å². The van der Waals surface area contributed by atoms with Crippen LogP contribution in [0.25, 0.3) is 0 Å². The molecule has 2 unspecified atom stereocenters. The normalized spacial score (nSPS) is 27.1. The van der Waals surface area contributed by atoms with Crippen molar-refractivity contribution < 1.29 is 28.2 Å². The summed E-state index contributed by atoms with van der Waals surface area (Å²) in [6.45, 7) is 1.18. The van der Waals surface area contributed by atoms with Crippen LogP contribution in [-0.2, 0) is 14.2 Å². The summed E-state index contributed by atoms with van der Waals surface area (Å²) >= 11 is 0. The van der Waals surface area contributed by atoms with Crippen LogP contribution < -0.4 is 0 Å². The predicted molar refractivity (Wildman–Crippen MR) is 96.3 cm³/mol. The lowest BCUT2D eigenvalue weighted by atomic mass is 9.91. The molecule has 7 heteroatoms. The Morgan fingerprint density at radius 2 is 1.56 bits per heavy atom. The highest BCUT2D eigenvalue weighted by Crippen LogP contribution is 2.35. The molecule has 138 valence electrons. The van der Waals surface area contributed by atoms with Gasteiger partial charge in [0, 0.05) is 0 Å². The zero-order valence-corrected chi connectivity index (χ0v) is 14.7. The smallest absolute Gasteiger partial charge is 0.338 e. The van der Waals surface area contributed by atoms with Gasteiger partial charge in [0.15, 0.2) is 12.3 Å². The summed E-state index contributed by atoms with van der Waals surface area (Å²) < 4.78 is 30.6. The Morgan fingerprint density at radius 3 is 2.11 bits per heavy atom. The fourth-order valence-electron chi connectivity index (χ4n) is 2.88. The van der Waals surface area contributed by atoms with E-state index >= 15 is 0 Å². The first-order chi connectivity index (χ1) is 12.9. The van der Waals surface area contributed by atoms with Crippen molar-refractivity contribution in [2.24, 2.45) is 0 Å². The fourth-order valence-corrected chi connectivity index (χ4v) is 2.88. The molecule has 2 aromatic rings. The Hall–Kier alpha value is -2.67. The van der Waals surface area contributed by atoms with E-state index in [1.54, 1.807) is 60.7 Å². The lowest BCUT2D eigenvalue weighted by molar-refractivity contribution is -0.0959. The number of rotatable bonds is 5. The largest absolute Gasteiger partial charge is 0.459 e. The zero-order chi connectivity index (χ0) is 19.4. The molecule has 1 aliphatic rings. The van der Waals surface area contributed by atoms with Gasteiger partial charge >= 0.3 is 11.9 Å². The van der Waals surface area contributed by atoms with Gasteiger partial charge in [0.1, 0.15) is 20.1 Å². The number of hydrogen-bond acceptors (Lipinski definition) is 5. The third kappa shape index (κ3) is 4.19. The van der Waals surface area contributed by atoms with E-state index in [0.717, 1.165) is 0 Å². The van der Waals surface area contributed by atoms with Gasteiger partial charge in [0.05, 0.1) is 17.1 Å². The first-order valence-corrected chi connectivity index (χ1v) is 8.46. The van der Waals surface area contributed by atoms with Crippen LogP contribution in [0.3, 0.4) is 0 Å². The molecule has 2 radical (unpaired) electrons. The van der Waals surface area contributed by atoms with Crippen LogP contribution in [-0.4, -0.2) is 50.3 Å². The molecule has 0 amide bonds. The minimum absolute atomic E-state index is 0.272. The van der Waals surface area contributed by atoms with Crippen molar-refractivity contribution in [1.29, 1.82) is 0 Å². The predicted octanol–water partition coefficient (Wildman–Crippen LogP) is 2.69. The van der Waals surface area contributed by atoms with Crippen molar-refractivity contribution in [3.8, 4) is 0 Å². The highest BCUT2D eigenvalue weighted by molar-refractivity contribution is 6.11. The number of carbonyl (C=O) groups is 2. The zero-order valence-electron chi connectivity index (χ0n) is 14.7. The molecule has 0 saturated carbocycles. The van der Waals surface area contributed by atoms with Crippen LogP contribution in [0, 0.1) is 0 Å². The number of halogens is 1. The molecule has 3 rings (SSSR count). The van der Waals surface area contributed by atoms with Gasteiger partial charge < -0.3 is 14.2 Å². The first kappa shape index (κ1) is 19.1. The molecule has 0 aromatic heterocycles. The number of carbonyl (C=O) groups excluding carboxylic acids is 2. The van der Waals surface area contributed by atoms with E-state index in [-0.39, 0.29) is 12.2 Å². The van der Waals surface area contributed by atoms with Crippen LogP contribution >= 0.6 is 0 Å². The Balaban J connectivity index is 1.71. The summed E-state index contributed by atoms with van der Waals surface area (Å²) in [5, 5.41) is 0. The van der Waals surface area contributed by atoms with Crippen LogP contribution in [0.2, 0.25) is 0 Å². The Bertz CT molecular complexity index is 801. The maximum atomic E-state index is 14.5. The maximum absolute atomic E-state index is 14.5. The van der Waals surface area contributed by atoms with E-state index in [4.69, 9.17) is 22.1 Å². The third-order valence-corrected chi connectivity index (χ3v) is 4.35. The second-order valence-electron chi connectivity index (χ2n) is 6.47. The van der Waals surface area contributed by atoms with Crippen molar-refractivity contribution in [3.05, 3.63) is 71.8 Å². The van der Waals surface area contributed by atoms with Crippen molar-refractivity contribution in [2.75, 3.05) is 6.61 Å². The summed E-state index contributed by atoms with van der Waals surface area (Å²) in [7, 11) is 5.65. The molecule has 4 atom stereocenters. The molecule has 1 fully saturated rings. The SMILES string of the molecule is [B][C@@H]1O[C@](C)(COC(=O)c2ccccc2)C(OC(=O)c2ccccc2)C1F. The summed E-state index contributed by atoms with van der Waals surface area (Å²) in [4.78, 5) is 24.5. The second kappa shape index (κ2) is 7.92. The number of ether oxygens (including phenoxy) is 3. The molecule has 1 saturated heterocycles. The molecule has 0 aliphatic carbocycles. The van der Waals surface area contributed by atoms with E-state index in [0.29, 0.717) is 5.56 Å². The molecule has 1 aliphatic heterocycles. The van der Waals surface area contributed by atoms with Gasteiger partial charge in [0.25, 0.3) is 0 Å². The average molecular weight is 368 g/mol. The Kier molecular flexibility index (Phi) is 5.61. The molecule has 2 aromatic carbocycles. The van der Waals surface area contributed by atoms with Crippen molar-refractivity contribution in [1.82, 2.24) is 0 Å². The average Bonchev–Trinajstić information content (AvgIpc) is 2.91. The Labute approximate surface area is 157 Å². The number of alkyl halides is 1. The third-order valence-electron chi connectivity index (χ3n) is 4.35. The molecule has 0 spiro atoms. The Morgan fingerprint density at radius 1 is 1.04 bits per heavy atom. The summed E-state index contributed by atoms with van der Waals surface area (Å²) in [5.41, 5.74) is -0.792. The highest BCUT2D eigenvalue weighted by atomic mass is 19.1. The van der Waals surface area contributed by atoms with Crippen molar-refractivity contribution in [2.45, 2.75) is 30.8 Å². The fraction of sp³-hybridized carbons (Fsp3) is 0.300. The molecule has 0 N–H and O–H groups in total. The number of esters is 2. The lowest BCUT2D eigenvalue weighted by Gasteiger charge is -2.29. The van der Waals surface area contributed by atoms with Gasteiger partial charge in [-0.15, -0.1) is 0 Å². The van der Waals surface area contributed by atoms with E-state index in [2.05, 4.69) is 0 Å². The molecule has 27 heavy (non-hydrogen) atoms. The van der Waals surface area contributed by atoms with E-state index < -0.39 is 35.8 Å². The standard InChI is InChI=1S/C20H18BFO5/c1-20(12-25-18(23)13-8-4-2-5-9-13)16(15(22)17(21)27-20)26-19(24)14-10-6-3-7-11-14/h2-11,15-17H,12H2,1H3/t15?,16?,17-,20-/m1/s1. The first-order valence-electron chi connectivity index (χ1n) is 8.46. The van der Waals surface area contributed by atoms with Gasteiger partial charge in [-0.3, -0.25) is 0 Å². The highest BCUT2D eigenvalue weighted by Gasteiger charge is 2.54. The van der Waals surface area contributed by atoms with E-state index in [1.807, 2.05) is 0 Å². The second-order valence-corrected chi connectivity index (χ2v) is 6.47. The summed E-state index contributed by atoms with van der Waals surface area (Å²) in [5.74, 6) is -1.30. The quantitative estimate of drug-likeness (QED) is 0.600. The topological polar surface area (TPSA) is 61.8 Å². The van der Waals surface area contributed by atoms with Crippen LogP contribution in [0.4, 0.5) is 4.39 Å². The van der Waals surface area contributed by atoms with Gasteiger partial charge in [-0.1, -0.05) is 36.4 Å². The molecular weight excluding hydrogens is 350 g/mol. The number of hydrogen-bond donors (Lipinski definition) is 0.